The number of hydrogen-bond donors (Lipinski definition) is 2. The molecule has 0 amide bonds. The number of rotatable bonds is 4. The van der Waals surface area contributed by atoms with Crippen molar-refractivity contribution in [1.29, 1.82) is 0 Å². The Kier molecular flexibility index (Phi) is 5.00. The minimum atomic E-state index is -0.445. The molecule has 0 aliphatic carbocycles. The fraction of sp³-hybridized carbons (Fsp3) is 0.474. The van der Waals surface area contributed by atoms with E-state index < -0.39 is 5.97 Å². The highest BCUT2D eigenvalue weighted by Crippen LogP contribution is 2.13. The van der Waals surface area contributed by atoms with E-state index in [1.165, 1.54) is 11.3 Å². The van der Waals surface area contributed by atoms with E-state index >= 15 is 0 Å². The van der Waals surface area contributed by atoms with Gasteiger partial charge in [0.2, 0.25) is 0 Å². The molecule has 2 heterocycles. The average Bonchev–Trinajstić information content (AvgIpc) is 2.57. The quantitative estimate of drug-likeness (QED) is 0.836. The van der Waals surface area contributed by atoms with Crippen LogP contribution < -0.4 is 10.3 Å². The largest absolute Gasteiger partial charge is 0.461 e. The van der Waals surface area contributed by atoms with Crippen molar-refractivity contribution in [1.82, 2.24) is 4.98 Å². The van der Waals surface area contributed by atoms with Gasteiger partial charge in [-0.15, -0.1) is 0 Å². The lowest BCUT2D eigenvalue weighted by Gasteiger charge is -2.28. The normalized spacial score (nSPS) is 20.9. The van der Waals surface area contributed by atoms with Crippen molar-refractivity contribution in [3.63, 3.8) is 0 Å². The lowest BCUT2D eigenvalue weighted by molar-refractivity contribution is -0.922. The molecule has 2 N–H and O–H groups in total. The molecule has 5 heteroatoms. The summed E-state index contributed by atoms with van der Waals surface area (Å²) in [6.07, 6.45) is 2.40. The van der Waals surface area contributed by atoms with E-state index in [1.807, 2.05) is 18.2 Å². The van der Waals surface area contributed by atoms with E-state index in [1.54, 1.807) is 13.0 Å². The van der Waals surface area contributed by atoms with Crippen molar-refractivity contribution in [3.8, 4) is 0 Å². The summed E-state index contributed by atoms with van der Waals surface area (Å²) in [4.78, 5) is 29.8. The molecule has 128 valence electrons. The molecule has 1 saturated heterocycles. The molecule has 1 aromatic heterocycles. The number of esters is 1. The highest BCUT2D eigenvalue weighted by molar-refractivity contribution is 5.92. The molecule has 1 fully saturated rings. The number of aromatic amines is 1. The average molecular weight is 329 g/mol. The molecule has 1 unspecified atom stereocenters. The van der Waals surface area contributed by atoms with Gasteiger partial charge in [0.25, 0.3) is 0 Å². The van der Waals surface area contributed by atoms with Gasteiger partial charge in [0.1, 0.15) is 12.2 Å². The van der Waals surface area contributed by atoms with Crippen molar-refractivity contribution in [3.05, 3.63) is 45.7 Å². The van der Waals surface area contributed by atoms with Crippen molar-refractivity contribution >= 4 is 16.9 Å². The molecular weight excluding hydrogens is 304 g/mol. The number of benzene rings is 1. The second kappa shape index (κ2) is 7.18. The number of likely N-dealkylation sites (tertiary alicyclic amines) is 1. The van der Waals surface area contributed by atoms with Crippen LogP contribution in [0, 0.1) is 5.92 Å². The van der Waals surface area contributed by atoms with E-state index in [9.17, 15) is 9.59 Å². The summed E-state index contributed by atoms with van der Waals surface area (Å²) in [6.45, 7) is 6.96. The topological polar surface area (TPSA) is 63.6 Å². The first-order chi connectivity index (χ1) is 11.6. The molecule has 0 saturated carbocycles. The lowest BCUT2D eigenvalue weighted by Crippen LogP contribution is -3.12. The molecule has 1 aromatic carbocycles. The highest BCUT2D eigenvalue weighted by Gasteiger charge is 2.25. The highest BCUT2D eigenvalue weighted by atomic mass is 16.5. The van der Waals surface area contributed by atoms with Gasteiger partial charge >= 0.3 is 5.97 Å². The van der Waals surface area contributed by atoms with Gasteiger partial charge < -0.3 is 14.6 Å². The van der Waals surface area contributed by atoms with E-state index in [0.29, 0.717) is 41.2 Å². The molecule has 3 rings (SSSR count). The van der Waals surface area contributed by atoms with Crippen LogP contribution in [0.1, 0.15) is 42.7 Å². The maximum Gasteiger partial charge on any atom is 0.355 e. The summed E-state index contributed by atoms with van der Waals surface area (Å²) >= 11 is 0. The molecule has 0 bridgehead atoms. The van der Waals surface area contributed by atoms with E-state index in [0.717, 1.165) is 19.5 Å². The standard InChI is InChI=1S/C19H24N2O3/c1-3-24-19(23)17-15(12-21-10-6-7-13(2)11-21)18(22)14-8-4-5-9-16(14)20-17/h4-5,8-9,13H,3,6-7,10-12H2,1-2H3,(H,20,22)/p+1/t13-/m1/s1. The van der Waals surface area contributed by atoms with Crippen molar-refractivity contribution < 1.29 is 14.4 Å². The Morgan fingerprint density at radius 2 is 2.17 bits per heavy atom. The van der Waals surface area contributed by atoms with Gasteiger partial charge in [0, 0.05) is 16.8 Å². The second-order valence-electron chi connectivity index (χ2n) is 6.70. The number of pyridine rings is 1. The zero-order valence-corrected chi connectivity index (χ0v) is 14.4. The lowest BCUT2D eigenvalue weighted by atomic mass is 9.99. The fourth-order valence-electron chi connectivity index (χ4n) is 3.63. The Labute approximate surface area is 141 Å². The molecule has 2 atom stereocenters. The molecule has 5 nitrogen and oxygen atoms in total. The van der Waals surface area contributed by atoms with Crippen molar-refractivity contribution in [2.45, 2.75) is 33.2 Å². The summed E-state index contributed by atoms with van der Waals surface area (Å²) in [5.74, 6) is 0.208. The number of aromatic nitrogens is 1. The number of hydrogen-bond acceptors (Lipinski definition) is 3. The van der Waals surface area contributed by atoms with Crippen molar-refractivity contribution in [2.75, 3.05) is 19.7 Å². The minimum absolute atomic E-state index is 0.0573. The maximum absolute atomic E-state index is 13.0. The summed E-state index contributed by atoms with van der Waals surface area (Å²) < 4.78 is 5.16. The van der Waals surface area contributed by atoms with Gasteiger partial charge in [-0.25, -0.2) is 4.79 Å². The number of carbonyl (C=O) groups is 1. The zero-order chi connectivity index (χ0) is 17.1. The number of fused-ring (bicyclic) bond motifs is 1. The molecule has 24 heavy (non-hydrogen) atoms. The number of carbonyl (C=O) groups excluding carboxylic acids is 1. The Bertz CT molecular complexity index is 797. The van der Waals surface area contributed by atoms with Gasteiger partial charge in [-0.05, 0) is 31.9 Å². The maximum atomic E-state index is 13.0. The van der Waals surface area contributed by atoms with Crippen LogP contribution in [-0.4, -0.2) is 30.6 Å². The predicted octanol–water partition coefficient (Wildman–Crippen LogP) is 1.52. The van der Waals surface area contributed by atoms with Gasteiger partial charge in [0.15, 0.2) is 5.43 Å². The van der Waals surface area contributed by atoms with Gasteiger partial charge in [-0.2, -0.15) is 0 Å². The first-order valence-electron chi connectivity index (χ1n) is 8.74. The van der Waals surface area contributed by atoms with Crippen LogP contribution >= 0.6 is 0 Å². The summed E-state index contributed by atoms with van der Waals surface area (Å²) in [5, 5.41) is 0.630. The molecule has 0 radical (unpaired) electrons. The van der Waals surface area contributed by atoms with Crippen LogP contribution in [-0.2, 0) is 11.3 Å². The number of para-hydroxylation sites is 1. The third kappa shape index (κ3) is 3.36. The summed E-state index contributed by atoms with van der Waals surface area (Å²) in [7, 11) is 0. The second-order valence-corrected chi connectivity index (χ2v) is 6.70. The van der Waals surface area contributed by atoms with Gasteiger partial charge in [-0.1, -0.05) is 19.1 Å². The Hall–Kier alpha value is -2.14. The number of quaternary nitrogens is 1. The van der Waals surface area contributed by atoms with Crippen LogP contribution in [0.5, 0.6) is 0 Å². The smallest absolute Gasteiger partial charge is 0.355 e. The Balaban J connectivity index is 2.05. The van der Waals surface area contributed by atoms with Crippen LogP contribution in [0.3, 0.4) is 0 Å². The first kappa shape index (κ1) is 16.7. The SMILES string of the molecule is CCOC(=O)c1[nH]c2ccccc2c(=O)c1C[NH+]1CCC[C@@H](C)C1. The zero-order valence-electron chi connectivity index (χ0n) is 14.4. The van der Waals surface area contributed by atoms with E-state index in [-0.39, 0.29) is 5.43 Å². The molecule has 2 aromatic rings. The van der Waals surface area contributed by atoms with Crippen LogP contribution in [0.2, 0.25) is 0 Å². The molecule has 0 spiro atoms. The fourth-order valence-corrected chi connectivity index (χ4v) is 3.63. The molecule has 1 aliphatic rings. The molecular formula is C19H25N2O3+. The summed E-state index contributed by atoms with van der Waals surface area (Å²) in [6, 6.07) is 7.32. The third-order valence-electron chi connectivity index (χ3n) is 4.78. The van der Waals surface area contributed by atoms with E-state index in [2.05, 4.69) is 11.9 Å². The van der Waals surface area contributed by atoms with Gasteiger partial charge in [-0.3, -0.25) is 4.79 Å². The van der Waals surface area contributed by atoms with E-state index in [4.69, 9.17) is 4.74 Å². The predicted molar refractivity (Wildman–Crippen MR) is 93.3 cm³/mol. The van der Waals surface area contributed by atoms with Crippen molar-refractivity contribution in [2.24, 2.45) is 5.92 Å². The van der Waals surface area contributed by atoms with Crippen LogP contribution in [0.4, 0.5) is 0 Å². The number of H-pyrrole nitrogens is 1. The minimum Gasteiger partial charge on any atom is -0.461 e. The number of ether oxygens (including phenoxy) is 1. The number of nitrogens with one attached hydrogen (secondary N) is 2. The Morgan fingerprint density at radius 3 is 2.92 bits per heavy atom. The monoisotopic (exact) mass is 329 g/mol. The first-order valence-corrected chi connectivity index (χ1v) is 8.74. The van der Waals surface area contributed by atoms with Gasteiger partial charge in [0.05, 0.1) is 25.3 Å². The molecule has 1 aliphatic heterocycles. The number of piperidine rings is 1. The van der Waals surface area contributed by atoms with Crippen LogP contribution in [0.25, 0.3) is 10.9 Å². The Morgan fingerprint density at radius 1 is 1.38 bits per heavy atom. The third-order valence-corrected chi connectivity index (χ3v) is 4.78. The summed E-state index contributed by atoms with van der Waals surface area (Å²) in [5.41, 5.74) is 1.48. The van der Waals surface area contributed by atoms with Crippen LogP contribution in [0.15, 0.2) is 29.1 Å².